The van der Waals surface area contributed by atoms with Crippen molar-refractivity contribution in [1.82, 2.24) is 0 Å². The van der Waals surface area contributed by atoms with Gasteiger partial charge in [0.1, 0.15) is 0 Å². The van der Waals surface area contributed by atoms with E-state index in [1.807, 2.05) is 0 Å². The first kappa shape index (κ1) is 18.2. The van der Waals surface area contributed by atoms with Gasteiger partial charge in [0.05, 0.1) is 0 Å². The molecule has 0 spiro atoms. The minimum absolute atomic E-state index is 0.224. The zero-order valence-corrected chi connectivity index (χ0v) is 14.2. The number of rotatable bonds is 4. The van der Waals surface area contributed by atoms with E-state index >= 15 is 0 Å². The summed E-state index contributed by atoms with van der Waals surface area (Å²) in [7, 11) is 0. The minimum Gasteiger partial charge on any atom is -0.457 e. The van der Waals surface area contributed by atoms with Crippen molar-refractivity contribution in [2.24, 2.45) is 11.8 Å². The average molecular weight is 322 g/mol. The molecule has 2 fully saturated rings. The highest BCUT2D eigenvalue weighted by Gasteiger charge is 2.40. The fourth-order valence-corrected chi connectivity index (χ4v) is 3.78. The quantitative estimate of drug-likeness (QED) is 0.580. The second-order valence-corrected chi connectivity index (χ2v) is 7.14. The van der Waals surface area contributed by atoms with Crippen LogP contribution in [-0.2, 0) is 19.1 Å². The summed E-state index contributed by atoms with van der Waals surface area (Å²) in [5, 5.41) is 0. The van der Waals surface area contributed by atoms with E-state index in [1.54, 1.807) is 0 Å². The fourth-order valence-electron chi connectivity index (χ4n) is 3.78. The van der Waals surface area contributed by atoms with E-state index in [0.29, 0.717) is 12.3 Å². The van der Waals surface area contributed by atoms with Crippen molar-refractivity contribution < 1.29 is 19.1 Å². The Balaban J connectivity index is 1.77. The van der Waals surface area contributed by atoms with Crippen molar-refractivity contribution in [2.75, 3.05) is 6.61 Å². The molecule has 1 heterocycles. The van der Waals surface area contributed by atoms with Crippen LogP contribution in [0.4, 0.5) is 0 Å². The molecule has 1 unspecified atom stereocenters. The van der Waals surface area contributed by atoms with Crippen LogP contribution in [-0.4, -0.2) is 24.1 Å². The molecule has 1 aliphatic carbocycles. The molecular weight excluding hydrogens is 292 g/mol. The third-order valence-electron chi connectivity index (χ3n) is 5.26. The van der Waals surface area contributed by atoms with Crippen LogP contribution in [0.3, 0.4) is 0 Å². The second-order valence-electron chi connectivity index (χ2n) is 7.14. The molecular formula is C19H30O4. The van der Waals surface area contributed by atoms with Crippen molar-refractivity contribution in [3.63, 3.8) is 0 Å². The van der Waals surface area contributed by atoms with Crippen molar-refractivity contribution >= 4 is 17.5 Å². The standard InChI is InChI=1S/C19H30O4/c20-16(18-17(21)14-23-19(18)22)13-12-15-10-8-6-4-2-1-3-5-7-9-11-15/h15,18H,1-14H2. The summed E-state index contributed by atoms with van der Waals surface area (Å²) in [6, 6.07) is 0. The SMILES string of the molecule is O=C(CCC1CCCCCCCCCCC1)C1C(=O)COC1=O. The zero-order chi connectivity index (χ0) is 16.5. The van der Waals surface area contributed by atoms with Gasteiger partial charge in [-0.2, -0.15) is 0 Å². The number of carbonyl (C=O) groups is 3. The maximum atomic E-state index is 12.2. The first-order valence-electron chi connectivity index (χ1n) is 9.40. The number of esters is 1. The first-order chi connectivity index (χ1) is 11.2. The first-order valence-corrected chi connectivity index (χ1v) is 9.40. The lowest BCUT2D eigenvalue weighted by molar-refractivity contribution is -0.144. The lowest BCUT2D eigenvalue weighted by Crippen LogP contribution is -2.26. The molecule has 0 aromatic rings. The highest BCUT2D eigenvalue weighted by atomic mass is 16.5. The Bertz CT molecular complexity index is 388. The molecule has 1 aliphatic heterocycles. The van der Waals surface area contributed by atoms with Gasteiger partial charge in [-0.15, -0.1) is 0 Å². The largest absolute Gasteiger partial charge is 0.457 e. The molecule has 0 N–H and O–H groups in total. The summed E-state index contributed by atoms with van der Waals surface area (Å²) >= 11 is 0. The van der Waals surface area contributed by atoms with Gasteiger partial charge in [-0.1, -0.05) is 70.6 Å². The van der Waals surface area contributed by atoms with Crippen LogP contribution in [0.2, 0.25) is 0 Å². The summed E-state index contributed by atoms with van der Waals surface area (Å²) in [6.07, 6.45) is 15.3. The van der Waals surface area contributed by atoms with E-state index in [4.69, 9.17) is 0 Å². The van der Waals surface area contributed by atoms with Gasteiger partial charge in [0.2, 0.25) is 0 Å². The van der Waals surface area contributed by atoms with Crippen LogP contribution in [0.5, 0.6) is 0 Å². The van der Waals surface area contributed by atoms with E-state index in [0.717, 1.165) is 6.42 Å². The zero-order valence-electron chi connectivity index (χ0n) is 14.2. The van der Waals surface area contributed by atoms with Gasteiger partial charge in [0.25, 0.3) is 0 Å². The molecule has 130 valence electrons. The van der Waals surface area contributed by atoms with Gasteiger partial charge in [-0.05, 0) is 12.3 Å². The summed E-state index contributed by atoms with van der Waals surface area (Å²) in [5.41, 5.74) is 0. The minimum atomic E-state index is -1.12. The summed E-state index contributed by atoms with van der Waals surface area (Å²) in [5.74, 6) is -1.80. The maximum absolute atomic E-state index is 12.2. The van der Waals surface area contributed by atoms with Gasteiger partial charge < -0.3 is 4.74 Å². The van der Waals surface area contributed by atoms with Gasteiger partial charge >= 0.3 is 5.97 Å². The topological polar surface area (TPSA) is 60.4 Å². The van der Waals surface area contributed by atoms with Gasteiger partial charge in [0, 0.05) is 6.42 Å². The van der Waals surface area contributed by atoms with Crippen LogP contribution in [0, 0.1) is 11.8 Å². The third-order valence-corrected chi connectivity index (χ3v) is 5.26. The average Bonchev–Trinajstić information content (AvgIpc) is 2.85. The molecule has 0 aromatic carbocycles. The van der Waals surface area contributed by atoms with E-state index < -0.39 is 11.9 Å². The predicted octanol–water partition coefficient (Wildman–Crippen LogP) is 4.00. The molecule has 4 nitrogen and oxygen atoms in total. The molecule has 1 saturated heterocycles. The van der Waals surface area contributed by atoms with E-state index in [2.05, 4.69) is 4.74 Å². The second kappa shape index (κ2) is 9.84. The highest BCUT2D eigenvalue weighted by molar-refractivity contribution is 6.20. The van der Waals surface area contributed by atoms with Gasteiger partial charge in [0.15, 0.2) is 24.1 Å². The molecule has 0 radical (unpaired) electrons. The van der Waals surface area contributed by atoms with E-state index in [-0.39, 0.29) is 18.2 Å². The van der Waals surface area contributed by atoms with Crippen molar-refractivity contribution in [3.8, 4) is 0 Å². The van der Waals surface area contributed by atoms with E-state index in [9.17, 15) is 14.4 Å². The van der Waals surface area contributed by atoms with Gasteiger partial charge in [-0.3, -0.25) is 14.4 Å². The van der Waals surface area contributed by atoms with Crippen molar-refractivity contribution in [3.05, 3.63) is 0 Å². The lowest BCUT2D eigenvalue weighted by Gasteiger charge is -2.18. The Morgan fingerprint density at radius 1 is 0.870 bits per heavy atom. The van der Waals surface area contributed by atoms with Crippen LogP contribution >= 0.6 is 0 Å². The number of carbonyl (C=O) groups excluding carboxylic acids is 3. The Morgan fingerprint density at radius 3 is 1.87 bits per heavy atom. The van der Waals surface area contributed by atoms with Crippen LogP contribution in [0.15, 0.2) is 0 Å². The molecule has 23 heavy (non-hydrogen) atoms. The number of ketones is 2. The molecule has 0 bridgehead atoms. The summed E-state index contributed by atoms with van der Waals surface area (Å²) in [4.78, 5) is 35.2. The van der Waals surface area contributed by atoms with E-state index in [1.165, 1.54) is 70.6 Å². The van der Waals surface area contributed by atoms with Crippen LogP contribution < -0.4 is 0 Å². The number of hydrogen-bond acceptors (Lipinski definition) is 4. The summed E-state index contributed by atoms with van der Waals surface area (Å²) < 4.78 is 4.67. The molecule has 4 heteroatoms. The third kappa shape index (κ3) is 6.08. The Morgan fingerprint density at radius 2 is 1.39 bits per heavy atom. The molecule has 2 rings (SSSR count). The fraction of sp³-hybridized carbons (Fsp3) is 0.842. The number of ether oxygens (including phenoxy) is 1. The molecule has 1 saturated carbocycles. The normalized spacial score (nSPS) is 25.5. The molecule has 0 amide bonds. The number of Topliss-reactive ketones (excluding diaryl/α,β-unsaturated/α-hetero) is 2. The van der Waals surface area contributed by atoms with Crippen LogP contribution in [0.1, 0.15) is 83.5 Å². The Hall–Kier alpha value is -1.19. The molecule has 0 aromatic heterocycles. The van der Waals surface area contributed by atoms with Crippen molar-refractivity contribution in [2.45, 2.75) is 83.5 Å². The maximum Gasteiger partial charge on any atom is 0.324 e. The number of hydrogen-bond donors (Lipinski definition) is 0. The predicted molar refractivity (Wildman–Crippen MR) is 88.0 cm³/mol. The van der Waals surface area contributed by atoms with Crippen LogP contribution in [0.25, 0.3) is 0 Å². The van der Waals surface area contributed by atoms with Gasteiger partial charge in [-0.25, -0.2) is 0 Å². The lowest BCUT2D eigenvalue weighted by atomic mass is 9.87. The monoisotopic (exact) mass is 322 g/mol. The smallest absolute Gasteiger partial charge is 0.324 e. The molecule has 2 aliphatic rings. The Kier molecular flexibility index (Phi) is 7.77. The summed E-state index contributed by atoms with van der Waals surface area (Å²) in [6.45, 7) is -0.224. The Labute approximate surface area is 139 Å². The van der Waals surface area contributed by atoms with Crippen molar-refractivity contribution in [1.29, 1.82) is 0 Å². The molecule has 1 atom stereocenters. The number of cyclic esters (lactones) is 1. The highest BCUT2D eigenvalue weighted by Crippen LogP contribution is 2.26.